The normalized spacial score (nSPS) is 20.9. The van der Waals surface area contributed by atoms with Crippen molar-refractivity contribution in [3.8, 4) is 0 Å². The van der Waals surface area contributed by atoms with E-state index in [4.69, 9.17) is 4.98 Å². The van der Waals surface area contributed by atoms with Gasteiger partial charge in [0.15, 0.2) is 5.13 Å². The van der Waals surface area contributed by atoms with E-state index in [1.54, 1.807) is 17.4 Å². The fraction of sp³-hybridized carbons (Fsp3) is 0.529. The van der Waals surface area contributed by atoms with E-state index >= 15 is 0 Å². The Morgan fingerprint density at radius 2 is 2.29 bits per heavy atom. The molecule has 3 rings (SSSR count). The Morgan fingerprint density at radius 3 is 3.00 bits per heavy atom. The zero-order valence-corrected chi connectivity index (χ0v) is 13.2. The van der Waals surface area contributed by atoms with Crippen molar-refractivity contribution < 1.29 is 4.79 Å². The summed E-state index contributed by atoms with van der Waals surface area (Å²) in [6.45, 7) is 4.37. The first-order valence-corrected chi connectivity index (χ1v) is 8.67. The van der Waals surface area contributed by atoms with Gasteiger partial charge in [0.25, 0.3) is 0 Å². The second kappa shape index (κ2) is 6.56. The van der Waals surface area contributed by atoms with Gasteiger partial charge >= 0.3 is 0 Å². The van der Waals surface area contributed by atoms with Gasteiger partial charge in [0.05, 0.1) is 5.69 Å². The van der Waals surface area contributed by atoms with Crippen molar-refractivity contribution >= 4 is 22.4 Å². The lowest BCUT2D eigenvalue weighted by atomic mass is 9.93. The lowest BCUT2D eigenvalue weighted by Crippen LogP contribution is -2.36. The summed E-state index contributed by atoms with van der Waals surface area (Å²) in [7, 11) is 0. The van der Waals surface area contributed by atoms with Gasteiger partial charge in [-0.1, -0.05) is 18.2 Å². The fourth-order valence-corrected chi connectivity index (χ4v) is 4.25. The Labute approximate surface area is 130 Å². The number of fused-ring (bicyclic) bond motifs is 1. The minimum atomic E-state index is 0.107. The predicted octanol–water partition coefficient (Wildman–Crippen LogP) is 3.90. The van der Waals surface area contributed by atoms with Gasteiger partial charge in [-0.05, 0) is 44.9 Å². The average Bonchev–Trinajstić information content (AvgIpc) is 2.96. The summed E-state index contributed by atoms with van der Waals surface area (Å²) in [4.78, 5) is 20.8. The number of hydrogen-bond acceptors (Lipinski definition) is 3. The summed E-state index contributed by atoms with van der Waals surface area (Å²) in [5.41, 5.74) is 1.21. The quantitative estimate of drug-likeness (QED) is 0.790. The highest BCUT2D eigenvalue weighted by Crippen LogP contribution is 2.33. The van der Waals surface area contributed by atoms with Crippen LogP contribution in [0.15, 0.2) is 24.8 Å². The van der Waals surface area contributed by atoms with E-state index in [0.717, 1.165) is 37.2 Å². The Bertz CT molecular complexity index is 538. The molecule has 1 aromatic heterocycles. The summed E-state index contributed by atoms with van der Waals surface area (Å²) >= 11 is 1.70. The van der Waals surface area contributed by atoms with Crippen LogP contribution in [0.25, 0.3) is 0 Å². The molecule has 3 nitrogen and oxygen atoms in total. The highest BCUT2D eigenvalue weighted by molar-refractivity contribution is 7.16. The monoisotopic (exact) mass is 302 g/mol. The Morgan fingerprint density at radius 1 is 1.43 bits per heavy atom. The van der Waals surface area contributed by atoms with E-state index in [9.17, 15) is 4.79 Å². The van der Waals surface area contributed by atoms with Crippen LogP contribution in [0.2, 0.25) is 0 Å². The van der Waals surface area contributed by atoms with Gasteiger partial charge in [-0.15, -0.1) is 17.9 Å². The number of aromatic nitrogens is 1. The predicted molar refractivity (Wildman–Crippen MR) is 87.8 cm³/mol. The molecule has 21 heavy (non-hydrogen) atoms. The van der Waals surface area contributed by atoms with Gasteiger partial charge in [-0.3, -0.25) is 9.69 Å². The number of thiazole rings is 1. The van der Waals surface area contributed by atoms with Crippen molar-refractivity contribution in [3.05, 3.63) is 35.4 Å². The highest BCUT2D eigenvalue weighted by atomic mass is 32.1. The maximum atomic E-state index is 12.8. The minimum Gasteiger partial charge on any atom is -0.284 e. The lowest BCUT2D eigenvalue weighted by Gasteiger charge is -2.25. The topological polar surface area (TPSA) is 33.2 Å². The second-order valence-corrected chi connectivity index (χ2v) is 6.85. The molecule has 0 radical (unpaired) electrons. The summed E-state index contributed by atoms with van der Waals surface area (Å²) in [5.74, 6) is 0.321. The van der Waals surface area contributed by atoms with Gasteiger partial charge < -0.3 is 0 Å². The summed E-state index contributed by atoms with van der Waals surface area (Å²) in [6, 6.07) is 0. The Balaban J connectivity index is 1.83. The molecule has 1 amide bonds. The number of allylic oxidation sites excluding steroid dienone is 2. The van der Waals surface area contributed by atoms with Crippen LogP contribution in [0.4, 0.5) is 5.13 Å². The van der Waals surface area contributed by atoms with Gasteiger partial charge in [0.1, 0.15) is 0 Å². The van der Waals surface area contributed by atoms with E-state index in [-0.39, 0.29) is 11.8 Å². The van der Waals surface area contributed by atoms with E-state index in [2.05, 4.69) is 18.7 Å². The van der Waals surface area contributed by atoms with Crippen molar-refractivity contribution in [3.63, 3.8) is 0 Å². The number of carbonyl (C=O) groups excluding carboxylic acids is 1. The zero-order chi connectivity index (χ0) is 14.7. The molecule has 0 spiro atoms. The van der Waals surface area contributed by atoms with Crippen LogP contribution in [-0.2, 0) is 17.6 Å². The second-order valence-electron chi connectivity index (χ2n) is 5.79. The van der Waals surface area contributed by atoms with Crippen LogP contribution < -0.4 is 4.90 Å². The van der Waals surface area contributed by atoms with E-state index in [0.29, 0.717) is 6.54 Å². The third-order valence-electron chi connectivity index (χ3n) is 4.26. The third-order valence-corrected chi connectivity index (χ3v) is 5.44. The molecule has 0 N–H and O–H groups in total. The van der Waals surface area contributed by atoms with E-state index in [1.165, 1.54) is 23.4 Å². The largest absolute Gasteiger partial charge is 0.284 e. The van der Waals surface area contributed by atoms with Crippen molar-refractivity contribution in [1.29, 1.82) is 0 Å². The van der Waals surface area contributed by atoms with Gasteiger partial charge in [0, 0.05) is 17.3 Å². The number of hydrogen-bond donors (Lipinski definition) is 0. The first-order chi connectivity index (χ1) is 10.3. The molecule has 0 aliphatic heterocycles. The first kappa shape index (κ1) is 14.5. The van der Waals surface area contributed by atoms with Crippen LogP contribution in [0, 0.1) is 5.92 Å². The van der Waals surface area contributed by atoms with Gasteiger partial charge in [0.2, 0.25) is 5.91 Å². The summed E-state index contributed by atoms with van der Waals surface area (Å²) in [5, 5.41) is 0.876. The van der Waals surface area contributed by atoms with Crippen molar-refractivity contribution in [1.82, 2.24) is 4.98 Å². The van der Waals surface area contributed by atoms with Crippen LogP contribution in [0.1, 0.15) is 42.7 Å². The third kappa shape index (κ3) is 3.10. The molecule has 0 fully saturated rings. The molecular weight excluding hydrogens is 280 g/mol. The maximum Gasteiger partial charge on any atom is 0.232 e. The number of nitrogens with zero attached hydrogens (tertiary/aromatic N) is 2. The standard InChI is InChI=1S/C17H22N2OS/c1-2-12-19(16(20)13-8-4-3-5-9-13)17-18-14-10-6-7-11-15(14)21-17/h2-4,13H,1,5-12H2/t13-/m0/s1. The molecule has 2 aliphatic carbocycles. The SMILES string of the molecule is C=CCN(C(=O)[C@H]1CC=CCC1)c1nc2c(s1)CCCC2. The molecule has 1 atom stereocenters. The van der Waals surface area contributed by atoms with E-state index < -0.39 is 0 Å². The van der Waals surface area contributed by atoms with Gasteiger partial charge in [-0.25, -0.2) is 4.98 Å². The zero-order valence-electron chi connectivity index (χ0n) is 12.4. The van der Waals surface area contributed by atoms with Crippen molar-refractivity contribution in [2.24, 2.45) is 5.92 Å². The lowest BCUT2D eigenvalue weighted by molar-refractivity contribution is -0.122. The first-order valence-electron chi connectivity index (χ1n) is 7.85. The molecule has 0 bridgehead atoms. The summed E-state index contributed by atoms with van der Waals surface area (Å²) in [6.07, 6.45) is 13.6. The smallest absolute Gasteiger partial charge is 0.232 e. The van der Waals surface area contributed by atoms with Gasteiger partial charge in [-0.2, -0.15) is 0 Å². The molecule has 2 aliphatic rings. The Hall–Kier alpha value is -1.42. The number of carbonyl (C=O) groups is 1. The molecule has 0 aromatic carbocycles. The number of aryl methyl sites for hydroxylation is 2. The molecule has 4 heteroatoms. The molecule has 112 valence electrons. The van der Waals surface area contributed by atoms with E-state index in [1.807, 2.05) is 4.90 Å². The number of anilines is 1. The molecule has 1 aromatic rings. The van der Waals surface area contributed by atoms with Crippen LogP contribution in [0.3, 0.4) is 0 Å². The average molecular weight is 302 g/mol. The van der Waals surface area contributed by atoms with Crippen LogP contribution in [-0.4, -0.2) is 17.4 Å². The molecular formula is C17H22N2OS. The maximum absolute atomic E-state index is 12.8. The van der Waals surface area contributed by atoms with Crippen molar-refractivity contribution in [2.45, 2.75) is 44.9 Å². The number of amides is 1. The van der Waals surface area contributed by atoms with Crippen molar-refractivity contribution in [2.75, 3.05) is 11.4 Å². The molecule has 0 saturated heterocycles. The number of rotatable bonds is 4. The highest BCUT2D eigenvalue weighted by Gasteiger charge is 2.28. The molecule has 0 saturated carbocycles. The Kier molecular flexibility index (Phi) is 4.54. The molecule has 1 heterocycles. The van der Waals surface area contributed by atoms with Crippen LogP contribution >= 0.6 is 11.3 Å². The molecule has 0 unspecified atom stereocenters. The minimum absolute atomic E-state index is 0.107. The fourth-order valence-electron chi connectivity index (χ4n) is 3.08. The van der Waals surface area contributed by atoms with Crippen LogP contribution in [0.5, 0.6) is 0 Å². The summed E-state index contributed by atoms with van der Waals surface area (Å²) < 4.78 is 0.